The maximum absolute atomic E-state index is 13.3. The molecule has 0 radical (unpaired) electrons. The third-order valence-electron chi connectivity index (χ3n) is 5.87. The second-order valence-electron chi connectivity index (χ2n) is 9.23. The van der Waals surface area contributed by atoms with Crippen LogP contribution in [0.3, 0.4) is 0 Å². The zero-order valence-corrected chi connectivity index (χ0v) is 24.2. The lowest BCUT2D eigenvalue weighted by Gasteiger charge is -2.26. The van der Waals surface area contributed by atoms with Gasteiger partial charge < -0.3 is 14.8 Å². The van der Waals surface area contributed by atoms with Gasteiger partial charge in [-0.25, -0.2) is 4.79 Å². The Hall–Kier alpha value is -3.30. The molecule has 3 amide bonds. The van der Waals surface area contributed by atoms with E-state index in [1.54, 1.807) is 38.1 Å². The summed E-state index contributed by atoms with van der Waals surface area (Å²) in [5.41, 5.74) is -0.0475. The number of fused-ring (bicyclic) bond motifs is 1. The fraction of sp³-hybridized carbons (Fsp3) is 0.214. The Morgan fingerprint density at radius 2 is 1.32 bits per heavy atom. The van der Waals surface area contributed by atoms with Crippen LogP contribution in [0.15, 0.2) is 54.6 Å². The average Bonchev–Trinajstić information content (AvgIpc) is 3.19. The summed E-state index contributed by atoms with van der Waals surface area (Å²) >= 11 is 24.6. The predicted molar refractivity (Wildman–Crippen MR) is 153 cm³/mol. The third kappa shape index (κ3) is 6.20. The molecule has 40 heavy (non-hydrogen) atoms. The molecule has 1 atom stereocenters. The molecule has 0 bridgehead atoms. The molecule has 4 rings (SSSR count). The molecule has 1 aliphatic rings. The highest BCUT2D eigenvalue weighted by Crippen LogP contribution is 2.45. The summed E-state index contributed by atoms with van der Waals surface area (Å²) in [7, 11) is 0. The summed E-state index contributed by atoms with van der Waals surface area (Å²) in [5, 5.41) is 1.75. The first-order valence-corrected chi connectivity index (χ1v) is 13.5. The molecule has 0 unspecified atom stereocenters. The lowest BCUT2D eigenvalue weighted by atomic mass is 10.0. The second kappa shape index (κ2) is 12.5. The van der Waals surface area contributed by atoms with Crippen molar-refractivity contribution in [3.8, 4) is 11.5 Å². The van der Waals surface area contributed by atoms with Crippen LogP contribution in [0.25, 0.3) is 0 Å². The van der Waals surface area contributed by atoms with Gasteiger partial charge in [0.15, 0.2) is 6.61 Å². The van der Waals surface area contributed by atoms with Crippen molar-refractivity contribution in [2.24, 2.45) is 5.92 Å². The second-order valence-corrected chi connectivity index (χ2v) is 10.7. The Bertz CT molecular complexity index is 1430. The number of rotatable bonds is 9. The number of amides is 3. The Kier molecular flexibility index (Phi) is 9.26. The number of ether oxygens (including phenoxy) is 2. The molecule has 3 aromatic rings. The molecule has 1 aliphatic heterocycles. The van der Waals surface area contributed by atoms with E-state index in [1.165, 1.54) is 0 Å². The summed E-state index contributed by atoms with van der Waals surface area (Å²) in [6, 6.07) is 14.4. The van der Waals surface area contributed by atoms with Crippen molar-refractivity contribution >= 4 is 75.8 Å². The quantitative estimate of drug-likeness (QED) is 0.116. The number of benzene rings is 3. The maximum Gasteiger partial charge on any atom is 0.329 e. The van der Waals surface area contributed by atoms with Crippen LogP contribution in [0.5, 0.6) is 11.5 Å². The van der Waals surface area contributed by atoms with Crippen molar-refractivity contribution in [3.05, 3.63) is 85.8 Å². The molecule has 12 heteroatoms. The molecule has 0 spiro atoms. The molecule has 1 heterocycles. The first-order chi connectivity index (χ1) is 19.0. The van der Waals surface area contributed by atoms with Crippen LogP contribution in [0, 0.1) is 5.92 Å². The molecule has 8 nitrogen and oxygen atoms in total. The monoisotopic (exact) mass is 622 g/mol. The molecule has 208 valence electrons. The fourth-order valence-electron chi connectivity index (χ4n) is 4.06. The first-order valence-electron chi connectivity index (χ1n) is 12.0. The normalized spacial score (nSPS) is 13.3. The average molecular weight is 624 g/mol. The maximum atomic E-state index is 13.3. The number of para-hydroxylation sites is 1. The Balaban J connectivity index is 1.43. The zero-order chi connectivity index (χ0) is 29.1. The lowest BCUT2D eigenvalue weighted by molar-refractivity contribution is -0.151. The molecule has 0 aromatic heterocycles. The van der Waals surface area contributed by atoms with Crippen LogP contribution in [-0.2, 0) is 14.3 Å². The number of imide groups is 1. The highest BCUT2D eigenvalue weighted by molar-refractivity contribution is 6.55. The van der Waals surface area contributed by atoms with Gasteiger partial charge in [-0.3, -0.25) is 19.3 Å². The predicted octanol–water partition coefficient (Wildman–Crippen LogP) is 7.29. The van der Waals surface area contributed by atoms with Gasteiger partial charge in [-0.05, 0) is 48.7 Å². The number of esters is 1. The third-order valence-corrected chi connectivity index (χ3v) is 7.68. The van der Waals surface area contributed by atoms with Crippen molar-refractivity contribution in [3.63, 3.8) is 0 Å². The van der Waals surface area contributed by atoms with Crippen LogP contribution in [-0.4, -0.2) is 41.2 Å². The summed E-state index contributed by atoms with van der Waals surface area (Å²) in [6.07, 6.45) is 0.0610. The van der Waals surface area contributed by atoms with E-state index in [9.17, 15) is 19.2 Å². The first kappa shape index (κ1) is 29.7. The topological polar surface area (TPSA) is 102 Å². The smallest absolute Gasteiger partial charge is 0.329 e. The highest BCUT2D eigenvalue weighted by Gasteiger charge is 2.47. The number of halogens is 4. The van der Waals surface area contributed by atoms with Crippen molar-refractivity contribution in [2.45, 2.75) is 26.3 Å². The lowest BCUT2D eigenvalue weighted by Crippen LogP contribution is -2.47. The van der Waals surface area contributed by atoms with E-state index >= 15 is 0 Å². The van der Waals surface area contributed by atoms with Gasteiger partial charge in [-0.15, -0.1) is 0 Å². The van der Waals surface area contributed by atoms with E-state index in [1.807, 2.05) is 30.3 Å². The van der Waals surface area contributed by atoms with Gasteiger partial charge >= 0.3 is 5.97 Å². The highest BCUT2D eigenvalue weighted by atomic mass is 35.5. The molecule has 0 saturated heterocycles. The summed E-state index contributed by atoms with van der Waals surface area (Å²) in [5.74, 6) is -2.21. The van der Waals surface area contributed by atoms with E-state index in [2.05, 4.69) is 5.32 Å². The summed E-state index contributed by atoms with van der Waals surface area (Å²) in [6.45, 7) is 2.94. The van der Waals surface area contributed by atoms with Crippen LogP contribution in [0.4, 0.5) is 5.69 Å². The van der Waals surface area contributed by atoms with E-state index in [-0.39, 0.29) is 43.6 Å². The van der Waals surface area contributed by atoms with Gasteiger partial charge in [0.1, 0.15) is 17.5 Å². The Morgan fingerprint density at radius 1 is 0.800 bits per heavy atom. The van der Waals surface area contributed by atoms with Crippen LogP contribution in [0.2, 0.25) is 20.1 Å². The van der Waals surface area contributed by atoms with Crippen molar-refractivity contribution in [1.29, 1.82) is 0 Å². The fourth-order valence-corrected chi connectivity index (χ4v) is 5.08. The van der Waals surface area contributed by atoms with Crippen molar-refractivity contribution in [1.82, 2.24) is 4.90 Å². The minimum Gasteiger partial charge on any atom is -0.457 e. The van der Waals surface area contributed by atoms with Crippen LogP contribution >= 0.6 is 46.4 Å². The number of nitrogens with one attached hydrogen (secondary N) is 1. The number of carbonyl (C=O) groups is 4. The number of nitrogens with zero attached hydrogens (tertiary/aromatic N) is 1. The molecule has 3 aromatic carbocycles. The number of carbonyl (C=O) groups excluding carboxylic acids is 4. The number of hydrogen-bond donors (Lipinski definition) is 1. The van der Waals surface area contributed by atoms with Gasteiger partial charge in [0.2, 0.25) is 0 Å². The minimum absolute atomic E-state index is 0.0610. The van der Waals surface area contributed by atoms with E-state index in [0.717, 1.165) is 4.90 Å². The van der Waals surface area contributed by atoms with Crippen LogP contribution in [0.1, 0.15) is 41.0 Å². The molecule has 0 saturated carbocycles. The molecule has 0 aliphatic carbocycles. The Morgan fingerprint density at radius 3 is 1.85 bits per heavy atom. The number of hydrogen-bond acceptors (Lipinski definition) is 6. The summed E-state index contributed by atoms with van der Waals surface area (Å²) in [4.78, 5) is 52.8. The minimum atomic E-state index is -1.35. The van der Waals surface area contributed by atoms with E-state index < -0.39 is 36.3 Å². The molecule has 1 N–H and O–H groups in total. The van der Waals surface area contributed by atoms with Crippen LogP contribution < -0.4 is 10.1 Å². The molecule has 0 fully saturated rings. The van der Waals surface area contributed by atoms with Gasteiger partial charge in [0.25, 0.3) is 17.7 Å². The largest absolute Gasteiger partial charge is 0.457 e. The molecular formula is C28H22Cl4N2O6. The zero-order valence-electron chi connectivity index (χ0n) is 21.2. The van der Waals surface area contributed by atoms with Gasteiger partial charge in [-0.2, -0.15) is 0 Å². The van der Waals surface area contributed by atoms with Crippen molar-refractivity contribution in [2.75, 3.05) is 11.9 Å². The van der Waals surface area contributed by atoms with Crippen molar-refractivity contribution < 1.29 is 28.7 Å². The van der Waals surface area contributed by atoms with E-state index in [0.29, 0.717) is 17.2 Å². The van der Waals surface area contributed by atoms with Gasteiger partial charge in [0.05, 0.1) is 31.2 Å². The van der Waals surface area contributed by atoms with Gasteiger partial charge in [-0.1, -0.05) is 78.5 Å². The van der Waals surface area contributed by atoms with Gasteiger partial charge in [0, 0.05) is 5.69 Å². The number of anilines is 1. The standard InChI is InChI=1S/C28H22Cl4N2O6/c1-14(2)12-18(34-26(36)20-21(27(34)37)23(30)25(32)24(31)22(20)29)28(38)39-13-19(35)33-15-8-10-17(11-9-15)40-16-6-4-3-5-7-16/h3-11,14,18H,12-13H2,1-2H3,(H,33,35)/t18-/m1/s1. The SMILES string of the molecule is CC(C)C[C@H](C(=O)OCC(=O)Nc1ccc(Oc2ccccc2)cc1)N1C(=O)c2c(Cl)c(Cl)c(Cl)c(Cl)c2C1=O. The van der Waals surface area contributed by atoms with E-state index in [4.69, 9.17) is 55.9 Å². The Labute approximate surface area is 250 Å². The summed E-state index contributed by atoms with van der Waals surface area (Å²) < 4.78 is 10.9. The molecular weight excluding hydrogens is 602 g/mol.